The molecule has 0 bridgehead atoms. The van der Waals surface area contributed by atoms with Crippen LogP contribution in [-0.4, -0.2) is 29.1 Å². The predicted molar refractivity (Wildman–Crippen MR) is 154 cm³/mol. The summed E-state index contributed by atoms with van der Waals surface area (Å²) in [7, 11) is 1.52. The molecule has 0 N–H and O–H groups in total. The van der Waals surface area contributed by atoms with Gasteiger partial charge in [-0.15, -0.1) is 0 Å². The summed E-state index contributed by atoms with van der Waals surface area (Å²) in [6.45, 7) is 0.368. The minimum absolute atomic E-state index is 0.0732. The van der Waals surface area contributed by atoms with Crippen LogP contribution in [0.1, 0.15) is 27.2 Å². The molecule has 10 heteroatoms. The van der Waals surface area contributed by atoms with Crippen LogP contribution < -0.4 is 14.6 Å². The number of hydrogen-bond donors (Lipinski definition) is 0. The van der Waals surface area contributed by atoms with Gasteiger partial charge in [0.25, 0.3) is 5.91 Å². The third-order valence-corrected chi connectivity index (χ3v) is 7.45. The Hall–Kier alpha value is -4.28. The van der Waals surface area contributed by atoms with Gasteiger partial charge in [0.2, 0.25) is 0 Å². The van der Waals surface area contributed by atoms with Gasteiger partial charge >= 0.3 is 0 Å². The molecule has 1 amide bonds. The van der Waals surface area contributed by atoms with Crippen LogP contribution in [-0.2, 0) is 17.9 Å². The number of nitrogens with zero attached hydrogens (tertiary/aromatic N) is 2. The number of hydrogen-bond acceptors (Lipinski definition) is 8. The largest absolute Gasteiger partial charge is 0.545 e. The summed E-state index contributed by atoms with van der Waals surface area (Å²) in [6, 6.07) is 23.0. The van der Waals surface area contributed by atoms with E-state index in [0.29, 0.717) is 42.9 Å². The predicted octanol–water partition coefficient (Wildman–Crippen LogP) is 5.80. The summed E-state index contributed by atoms with van der Waals surface area (Å²) in [4.78, 5) is 31.4. The normalized spacial score (nSPS) is 15.2. The number of benzene rings is 3. The van der Waals surface area contributed by atoms with Gasteiger partial charge in [-0.2, -0.15) is 0 Å². The number of carboxylic acids is 1. The summed E-state index contributed by atoms with van der Waals surface area (Å²) >= 11 is 4.82. The fourth-order valence-electron chi connectivity index (χ4n) is 3.96. The van der Waals surface area contributed by atoms with Gasteiger partial charge in [-0.05, 0) is 92.9 Å². The van der Waals surface area contributed by atoms with Crippen molar-refractivity contribution in [2.75, 3.05) is 7.11 Å². The van der Waals surface area contributed by atoms with Crippen LogP contribution >= 0.6 is 27.7 Å². The molecule has 5 rings (SSSR count). The maximum Gasteiger partial charge on any atom is 0.267 e. The number of carbonyl (C=O) groups is 2. The fraction of sp³-hybridized carbons (Fsp3) is 0.100. The van der Waals surface area contributed by atoms with Crippen molar-refractivity contribution in [3.05, 3.63) is 117 Å². The zero-order valence-corrected chi connectivity index (χ0v) is 23.6. The van der Waals surface area contributed by atoms with Crippen molar-refractivity contribution in [3.63, 3.8) is 0 Å². The quantitative estimate of drug-likeness (QED) is 0.219. The van der Waals surface area contributed by atoms with E-state index in [9.17, 15) is 14.7 Å². The number of ether oxygens (including phenoxy) is 2. The monoisotopic (exact) mass is 617 g/mol. The number of amidine groups is 1. The number of halogens is 1. The van der Waals surface area contributed by atoms with Crippen molar-refractivity contribution < 1.29 is 28.6 Å². The van der Waals surface area contributed by atoms with Gasteiger partial charge in [-0.3, -0.25) is 9.69 Å². The number of aliphatic imine (C=N–C) groups is 1. The molecule has 1 aliphatic rings. The van der Waals surface area contributed by atoms with Crippen LogP contribution in [0.2, 0.25) is 0 Å². The molecule has 0 atom stereocenters. The first-order chi connectivity index (χ1) is 19.4. The molecule has 0 unspecified atom stereocenters. The van der Waals surface area contributed by atoms with Gasteiger partial charge < -0.3 is 23.8 Å². The second-order valence-corrected chi connectivity index (χ2v) is 10.5. The number of aromatic carboxylic acids is 1. The maximum absolute atomic E-state index is 13.5. The number of rotatable bonds is 9. The molecule has 3 aromatic carbocycles. The molecule has 1 aromatic heterocycles. The SMILES string of the molecule is COc1cc(/C=C2\SC(=Nc3ccccc3)N(Cc3ccco3)C2=O)cc(Br)c1OCc1cccc(C(=O)[O-])c1. The molecule has 0 aliphatic carbocycles. The highest BCUT2D eigenvalue weighted by Crippen LogP contribution is 2.40. The fourth-order valence-corrected chi connectivity index (χ4v) is 5.53. The van der Waals surface area contributed by atoms with Gasteiger partial charge in [0.15, 0.2) is 16.7 Å². The molecule has 1 saturated heterocycles. The van der Waals surface area contributed by atoms with E-state index >= 15 is 0 Å². The highest BCUT2D eigenvalue weighted by atomic mass is 79.9. The average Bonchev–Trinajstić information content (AvgIpc) is 3.57. The van der Waals surface area contributed by atoms with Crippen molar-refractivity contribution in [3.8, 4) is 11.5 Å². The second kappa shape index (κ2) is 12.3. The van der Waals surface area contributed by atoms with Crippen molar-refractivity contribution in [1.29, 1.82) is 0 Å². The lowest BCUT2D eigenvalue weighted by atomic mass is 10.1. The molecule has 1 aliphatic heterocycles. The van der Waals surface area contributed by atoms with Gasteiger partial charge in [-0.25, -0.2) is 4.99 Å². The Morgan fingerprint density at radius 1 is 1.10 bits per heavy atom. The summed E-state index contributed by atoms with van der Waals surface area (Å²) in [5, 5.41) is 11.7. The average molecular weight is 618 g/mol. The van der Waals surface area contributed by atoms with E-state index in [1.807, 2.05) is 42.5 Å². The topological polar surface area (TPSA) is 104 Å². The van der Waals surface area contributed by atoms with Crippen molar-refractivity contribution in [2.45, 2.75) is 13.2 Å². The number of amides is 1. The lowest BCUT2D eigenvalue weighted by molar-refractivity contribution is -0.255. The van der Waals surface area contributed by atoms with E-state index in [4.69, 9.17) is 18.9 Å². The first-order valence-corrected chi connectivity index (χ1v) is 13.7. The summed E-state index contributed by atoms with van der Waals surface area (Å²) in [5.41, 5.74) is 2.19. The van der Waals surface area contributed by atoms with Crippen LogP contribution in [0.15, 0.2) is 104 Å². The molecule has 202 valence electrons. The lowest BCUT2D eigenvalue weighted by Crippen LogP contribution is -2.28. The smallest absolute Gasteiger partial charge is 0.267 e. The maximum atomic E-state index is 13.5. The van der Waals surface area contributed by atoms with E-state index in [0.717, 1.165) is 5.69 Å². The molecule has 4 aromatic rings. The van der Waals surface area contributed by atoms with E-state index in [2.05, 4.69) is 15.9 Å². The minimum Gasteiger partial charge on any atom is -0.545 e. The van der Waals surface area contributed by atoms with Crippen LogP contribution in [0.25, 0.3) is 6.08 Å². The Bertz CT molecular complexity index is 1600. The highest BCUT2D eigenvalue weighted by molar-refractivity contribution is 9.10. The summed E-state index contributed by atoms with van der Waals surface area (Å²) in [6.07, 6.45) is 3.34. The van der Waals surface area contributed by atoms with Crippen LogP contribution in [0.5, 0.6) is 11.5 Å². The molecule has 1 fully saturated rings. The number of thioether (sulfide) groups is 1. The molecule has 0 saturated carbocycles. The Morgan fingerprint density at radius 3 is 2.65 bits per heavy atom. The highest BCUT2D eigenvalue weighted by Gasteiger charge is 2.34. The summed E-state index contributed by atoms with van der Waals surface area (Å²) < 4.78 is 17.6. The van der Waals surface area contributed by atoms with Crippen LogP contribution in [0.3, 0.4) is 0 Å². The lowest BCUT2D eigenvalue weighted by Gasteiger charge is -2.14. The number of carbonyl (C=O) groups excluding carboxylic acids is 2. The Morgan fingerprint density at radius 2 is 1.93 bits per heavy atom. The van der Waals surface area contributed by atoms with Crippen molar-refractivity contribution in [2.24, 2.45) is 4.99 Å². The number of carboxylic acid groups (broad SMARTS) is 1. The van der Waals surface area contributed by atoms with E-state index < -0.39 is 5.97 Å². The Labute approximate surface area is 243 Å². The number of para-hydroxylation sites is 1. The first-order valence-electron chi connectivity index (χ1n) is 12.1. The molecule has 40 heavy (non-hydrogen) atoms. The standard InChI is InChI=1S/C30H23BrN2O6S/c1-37-25-15-20(14-24(31)27(25)39-18-19-7-5-8-21(13-19)29(35)36)16-26-28(34)33(17-23-11-6-12-38-23)30(40-26)32-22-9-3-2-4-10-22/h2-16H,17-18H2,1H3,(H,35,36)/p-1/b26-16-,32-30?. The minimum atomic E-state index is -1.25. The Kier molecular flexibility index (Phi) is 8.37. The molecular weight excluding hydrogens is 596 g/mol. The van der Waals surface area contributed by atoms with Crippen molar-refractivity contribution >= 4 is 56.5 Å². The van der Waals surface area contributed by atoms with Gasteiger partial charge in [0.1, 0.15) is 12.4 Å². The molecule has 8 nitrogen and oxygen atoms in total. The van der Waals surface area contributed by atoms with Crippen LogP contribution in [0, 0.1) is 0 Å². The second-order valence-electron chi connectivity index (χ2n) is 8.62. The van der Waals surface area contributed by atoms with Crippen molar-refractivity contribution in [1.82, 2.24) is 4.90 Å². The molecular formula is C30H22BrN2O6S-. The number of furan rings is 1. The van der Waals surface area contributed by atoms with Gasteiger partial charge in [0, 0.05) is 0 Å². The third kappa shape index (κ3) is 6.30. The van der Waals surface area contributed by atoms with E-state index in [1.165, 1.54) is 31.0 Å². The van der Waals surface area contributed by atoms with Gasteiger partial charge in [-0.1, -0.05) is 36.4 Å². The van der Waals surface area contributed by atoms with E-state index in [1.54, 1.807) is 41.5 Å². The van der Waals surface area contributed by atoms with Gasteiger partial charge in [0.05, 0.1) is 41.0 Å². The number of methoxy groups -OCH3 is 1. The molecule has 0 radical (unpaired) electrons. The summed E-state index contributed by atoms with van der Waals surface area (Å²) in [5.74, 6) is 0.0846. The zero-order chi connectivity index (χ0) is 28.1. The van der Waals surface area contributed by atoms with E-state index in [-0.39, 0.29) is 24.6 Å². The first kappa shape index (κ1) is 27.3. The zero-order valence-electron chi connectivity index (χ0n) is 21.2. The molecule has 2 heterocycles. The van der Waals surface area contributed by atoms with Crippen LogP contribution in [0.4, 0.5) is 5.69 Å². The third-order valence-electron chi connectivity index (χ3n) is 5.86. The molecule has 0 spiro atoms. The Balaban J connectivity index is 1.41.